The fraction of sp³-hybridized carbons (Fsp3) is 0.414. The van der Waals surface area contributed by atoms with E-state index in [0.29, 0.717) is 5.56 Å². The number of nitrogens with zero attached hydrogens (tertiary/aromatic N) is 1. The quantitative estimate of drug-likeness (QED) is 0.366. The summed E-state index contributed by atoms with van der Waals surface area (Å²) in [5.74, 6) is -0.101. The van der Waals surface area contributed by atoms with Crippen molar-refractivity contribution in [2.24, 2.45) is 5.73 Å². The molecular weight excluding hydrogens is 408 g/mol. The smallest absolute Gasteiger partial charge is 0.251 e. The first kappa shape index (κ1) is 24.6. The van der Waals surface area contributed by atoms with Gasteiger partial charge in [-0.25, -0.2) is 0 Å². The molecule has 3 rings (SSSR count). The molecule has 0 bridgehead atoms. The van der Waals surface area contributed by atoms with Crippen molar-refractivity contribution >= 4 is 5.91 Å². The fourth-order valence-corrected chi connectivity index (χ4v) is 4.56. The van der Waals surface area contributed by atoms with E-state index in [1.807, 2.05) is 19.1 Å². The molecule has 3 N–H and O–H groups in total. The van der Waals surface area contributed by atoms with Gasteiger partial charge in [0.25, 0.3) is 5.91 Å². The molecule has 33 heavy (non-hydrogen) atoms. The van der Waals surface area contributed by atoms with Crippen molar-refractivity contribution in [2.45, 2.75) is 78.7 Å². The summed E-state index contributed by atoms with van der Waals surface area (Å²) >= 11 is 0. The number of aryl methyl sites for hydroxylation is 1. The monoisotopic (exact) mass is 446 g/mol. The first-order valence-electron chi connectivity index (χ1n) is 12.0. The second kappa shape index (κ2) is 10.3. The van der Waals surface area contributed by atoms with Crippen LogP contribution in [-0.2, 0) is 24.8 Å². The Labute approximate surface area is 198 Å². The highest BCUT2D eigenvalue weighted by atomic mass is 16.3. The molecule has 0 atom stereocenters. The maximum Gasteiger partial charge on any atom is 0.251 e. The minimum atomic E-state index is -0.373. The number of carbonyl (C=O) groups is 1. The van der Waals surface area contributed by atoms with E-state index in [1.165, 1.54) is 11.3 Å². The maximum atomic E-state index is 12.6. The highest BCUT2D eigenvalue weighted by molar-refractivity contribution is 6.02. The van der Waals surface area contributed by atoms with E-state index in [-0.39, 0.29) is 17.1 Å². The van der Waals surface area contributed by atoms with Gasteiger partial charge < -0.3 is 15.4 Å². The van der Waals surface area contributed by atoms with Gasteiger partial charge in [-0.3, -0.25) is 4.79 Å². The zero-order valence-electron chi connectivity index (χ0n) is 20.7. The minimum Gasteiger partial charge on any atom is -0.508 e. The fourth-order valence-electron chi connectivity index (χ4n) is 4.56. The molecule has 0 spiro atoms. The minimum absolute atomic E-state index is 0.0704. The van der Waals surface area contributed by atoms with Crippen LogP contribution in [0.25, 0.3) is 11.1 Å². The van der Waals surface area contributed by atoms with Crippen molar-refractivity contribution < 1.29 is 9.90 Å². The van der Waals surface area contributed by atoms with Crippen molar-refractivity contribution in [1.82, 2.24) is 4.57 Å². The van der Waals surface area contributed by atoms with Crippen LogP contribution in [-0.4, -0.2) is 15.6 Å². The van der Waals surface area contributed by atoms with Crippen LogP contribution in [0.1, 0.15) is 79.8 Å². The zero-order chi connectivity index (χ0) is 24.2. The Morgan fingerprint density at radius 3 is 2.15 bits per heavy atom. The molecule has 1 aromatic heterocycles. The molecular formula is C29H38N2O2. The molecule has 4 nitrogen and oxygen atoms in total. The number of carbonyl (C=O) groups excluding carboxylic acids is 1. The van der Waals surface area contributed by atoms with Crippen LogP contribution in [0.3, 0.4) is 0 Å². The molecule has 0 saturated heterocycles. The van der Waals surface area contributed by atoms with Gasteiger partial charge in [0.1, 0.15) is 5.75 Å². The van der Waals surface area contributed by atoms with Gasteiger partial charge >= 0.3 is 0 Å². The van der Waals surface area contributed by atoms with E-state index < -0.39 is 0 Å². The summed E-state index contributed by atoms with van der Waals surface area (Å²) in [6.45, 7) is 11.6. The number of phenols is 1. The molecule has 0 aliphatic carbocycles. The number of benzene rings is 2. The Bertz CT molecular complexity index is 1080. The molecule has 0 aliphatic heterocycles. The van der Waals surface area contributed by atoms with Crippen molar-refractivity contribution in [1.29, 1.82) is 0 Å². The molecule has 0 unspecified atom stereocenters. The van der Waals surface area contributed by atoms with Gasteiger partial charge in [0.05, 0.1) is 5.56 Å². The summed E-state index contributed by atoms with van der Waals surface area (Å²) in [5.41, 5.74) is 13.2. The van der Waals surface area contributed by atoms with E-state index >= 15 is 0 Å². The molecule has 0 aliphatic rings. The third-order valence-corrected chi connectivity index (χ3v) is 6.49. The highest BCUT2D eigenvalue weighted by Crippen LogP contribution is 2.35. The third kappa shape index (κ3) is 5.68. The Morgan fingerprint density at radius 1 is 0.970 bits per heavy atom. The Balaban J connectivity index is 2.08. The average Bonchev–Trinajstić information content (AvgIpc) is 3.04. The number of rotatable bonds is 9. The van der Waals surface area contributed by atoms with E-state index in [0.717, 1.165) is 61.0 Å². The standard InChI is InChI=1S/C29H38N2O2/c1-6-7-8-9-25-27(22-12-14-23(15-13-22)29(3,4)5)26(28(30)33)20(2)31(25)19-18-21-10-16-24(32)17-11-21/h10-17,32H,6-9,18-19H2,1-5H3,(H2,30,33). The van der Waals surface area contributed by atoms with Crippen LogP contribution in [0, 0.1) is 6.92 Å². The number of aromatic nitrogens is 1. The number of phenolic OH excluding ortho intramolecular Hbond substituents is 1. The van der Waals surface area contributed by atoms with Gasteiger partial charge in [-0.1, -0.05) is 76.9 Å². The molecule has 1 amide bonds. The van der Waals surface area contributed by atoms with Crippen LogP contribution in [0.4, 0.5) is 0 Å². The van der Waals surface area contributed by atoms with Gasteiger partial charge in [-0.05, 0) is 60.4 Å². The van der Waals surface area contributed by atoms with Crippen molar-refractivity contribution in [3.05, 3.63) is 76.6 Å². The van der Waals surface area contributed by atoms with E-state index in [4.69, 9.17) is 5.73 Å². The molecule has 176 valence electrons. The predicted octanol–water partition coefficient (Wildman–Crippen LogP) is 6.54. The topological polar surface area (TPSA) is 68.2 Å². The Kier molecular flexibility index (Phi) is 7.68. The van der Waals surface area contributed by atoms with Gasteiger partial charge in [-0.15, -0.1) is 0 Å². The lowest BCUT2D eigenvalue weighted by Gasteiger charge is -2.19. The largest absolute Gasteiger partial charge is 0.508 e. The molecule has 2 aromatic carbocycles. The Morgan fingerprint density at radius 2 is 1.61 bits per heavy atom. The second-order valence-corrected chi connectivity index (χ2v) is 10.00. The lowest BCUT2D eigenvalue weighted by Crippen LogP contribution is -2.14. The van der Waals surface area contributed by atoms with Gasteiger partial charge in [0, 0.05) is 23.5 Å². The van der Waals surface area contributed by atoms with Crippen LogP contribution < -0.4 is 5.73 Å². The van der Waals surface area contributed by atoms with Crippen LogP contribution >= 0.6 is 0 Å². The first-order valence-corrected chi connectivity index (χ1v) is 12.0. The number of hydrogen-bond donors (Lipinski definition) is 2. The van der Waals surface area contributed by atoms with Crippen LogP contribution in [0.5, 0.6) is 5.75 Å². The van der Waals surface area contributed by atoms with E-state index in [1.54, 1.807) is 12.1 Å². The van der Waals surface area contributed by atoms with Crippen LogP contribution in [0.2, 0.25) is 0 Å². The molecule has 1 heterocycles. The molecule has 3 aromatic rings. The van der Waals surface area contributed by atoms with E-state index in [9.17, 15) is 9.90 Å². The lowest BCUT2D eigenvalue weighted by molar-refractivity contribution is 0.1000. The van der Waals surface area contributed by atoms with Crippen molar-refractivity contribution in [3.63, 3.8) is 0 Å². The lowest BCUT2D eigenvalue weighted by atomic mass is 9.86. The zero-order valence-corrected chi connectivity index (χ0v) is 20.7. The summed E-state index contributed by atoms with van der Waals surface area (Å²) in [6.07, 6.45) is 5.09. The molecule has 0 fully saturated rings. The predicted molar refractivity (Wildman–Crippen MR) is 137 cm³/mol. The third-order valence-electron chi connectivity index (χ3n) is 6.49. The van der Waals surface area contributed by atoms with Gasteiger partial charge in [-0.2, -0.15) is 0 Å². The second-order valence-electron chi connectivity index (χ2n) is 10.00. The number of nitrogens with two attached hydrogens (primary N) is 1. The van der Waals surface area contributed by atoms with Gasteiger partial charge in [0.2, 0.25) is 0 Å². The molecule has 0 saturated carbocycles. The summed E-state index contributed by atoms with van der Waals surface area (Å²) in [7, 11) is 0. The number of unbranched alkanes of at least 4 members (excludes halogenated alkanes) is 2. The molecule has 0 radical (unpaired) electrons. The number of amides is 1. The first-order chi connectivity index (χ1) is 15.6. The summed E-state index contributed by atoms with van der Waals surface area (Å²) in [4.78, 5) is 12.6. The van der Waals surface area contributed by atoms with Crippen LogP contribution in [0.15, 0.2) is 48.5 Å². The number of hydrogen-bond acceptors (Lipinski definition) is 2. The SMILES string of the molecule is CCCCCc1c(-c2ccc(C(C)(C)C)cc2)c(C(N)=O)c(C)n1CCc1ccc(O)cc1. The number of primary amides is 1. The van der Waals surface area contributed by atoms with E-state index in [2.05, 4.69) is 56.5 Å². The number of aromatic hydroxyl groups is 1. The molecule has 4 heteroatoms. The summed E-state index contributed by atoms with van der Waals surface area (Å²) in [6, 6.07) is 15.9. The van der Waals surface area contributed by atoms with Crippen molar-refractivity contribution in [2.75, 3.05) is 0 Å². The highest BCUT2D eigenvalue weighted by Gasteiger charge is 2.25. The average molecular weight is 447 g/mol. The maximum absolute atomic E-state index is 12.6. The summed E-state index contributed by atoms with van der Waals surface area (Å²) < 4.78 is 2.29. The Hall–Kier alpha value is -3.01. The summed E-state index contributed by atoms with van der Waals surface area (Å²) in [5, 5.41) is 9.59. The van der Waals surface area contributed by atoms with Crippen molar-refractivity contribution in [3.8, 4) is 16.9 Å². The normalized spacial score (nSPS) is 11.7. The van der Waals surface area contributed by atoms with Gasteiger partial charge in [0.15, 0.2) is 0 Å².